The highest BCUT2D eigenvalue weighted by Gasteiger charge is 2.13. The standard InChI is InChI=1S/C11H17NO/c1-8-4-6-10(7-5-8)11(13)9(2)12-3/h4-7,9,11-13H,1-3H3/t9-,11-/m1/s1/i3D3. The maximum Gasteiger partial charge on any atom is 0.0940 e. The highest BCUT2D eigenvalue weighted by Crippen LogP contribution is 2.16. The van der Waals surface area contributed by atoms with Crippen LogP contribution in [0.25, 0.3) is 0 Å². The van der Waals surface area contributed by atoms with Crippen molar-refractivity contribution in [2.75, 3.05) is 6.98 Å². The van der Waals surface area contributed by atoms with Gasteiger partial charge in [-0.25, -0.2) is 0 Å². The van der Waals surface area contributed by atoms with Crippen molar-refractivity contribution in [1.82, 2.24) is 5.32 Å². The maximum absolute atomic E-state index is 9.93. The van der Waals surface area contributed by atoms with Crippen molar-refractivity contribution in [2.45, 2.75) is 26.0 Å². The first-order chi connectivity index (χ1) is 7.29. The Morgan fingerprint density at radius 2 is 2.00 bits per heavy atom. The number of aliphatic hydroxyl groups excluding tert-OH is 1. The van der Waals surface area contributed by atoms with E-state index in [-0.39, 0.29) is 0 Å². The second kappa shape index (κ2) is 4.40. The van der Waals surface area contributed by atoms with E-state index in [0.717, 1.165) is 11.1 Å². The van der Waals surface area contributed by atoms with E-state index in [9.17, 15) is 5.11 Å². The van der Waals surface area contributed by atoms with Gasteiger partial charge in [-0.1, -0.05) is 29.8 Å². The van der Waals surface area contributed by atoms with E-state index in [1.807, 2.05) is 19.1 Å². The first-order valence-corrected chi connectivity index (χ1v) is 4.32. The van der Waals surface area contributed by atoms with Crippen molar-refractivity contribution < 1.29 is 9.22 Å². The molecule has 2 nitrogen and oxygen atoms in total. The van der Waals surface area contributed by atoms with Crippen molar-refractivity contribution in [3.8, 4) is 0 Å². The third-order valence-corrected chi connectivity index (χ3v) is 2.12. The predicted molar refractivity (Wildman–Crippen MR) is 54.7 cm³/mol. The Balaban J connectivity index is 2.70. The van der Waals surface area contributed by atoms with E-state index in [1.54, 1.807) is 19.1 Å². The molecule has 0 aliphatic heterocycles. The zero-order valence-corrected chi connectivity index (χ0v) is 7.91. The van der Waals surface area contributed by atoms with Crippen LogP contribution in [-0.2, 0) is 0 Å². The topological polar surface area (TPSA) is 32.3 Å². The highest BCUT2D eigenvalue weighted by molar-refractivity contribution is 5.23. The summed E-state index contributed by atoms with van der Waals surface area (Å²) in [5, 5.41) is 12.3. The first kappa shape index (κ1) is 6.57. The molecule has 0 aliphatic carbocycles. The molecular weight excluding hydrogens is 162 g/mol. The summed E-state index contributed by atoms with van der Waals surface area (Å²) in [7, 11) is 0. The van der Waals surface area contributed by atoms with E-state index < -0.39 is 19.1 Å². The Morgan fingerprint density at radius 1 is 1.38 bits per heavy atom. The number of hydrogen-bond acceptors (Lipinski definition) is 2. The van der Waals surface area contributed by atoms with Crippen molar-refractivity contribution >= 4 is 0 Å². The number of nitrogens with one attached hydrogen (secondary N) is 1. The molecule has 0 saturated heterocycles. The molecule has 2 heteroatoms. The SMILES string of the molecule is [2H]C([2H])([2H])N[C@H](C)[C@@H](O)c1ccc(C)cc1. The minimum atomic E-state index is -2.23. The Morgan fingerprint density at radius 3 is 2.54 bits per heavy atom. The minimum Gasteiger partial charge on any atom is -0.387 e. The van der Waals surface area contributed by atoms with Gasteiger partial charge in [-0.05, 0) is 26.4 Å². The molecule has 2 N–H and O–H groups in total. The molecule has 0 bridgehead atoms. The molecule has 0 fully saturated rings. The molecule has 13 heavy (non-hydrogen) atoms. The second-order valence-corrected chi connectivity index (χ2v) is 3.29. The van der Waals surface area contributed by atoms with Gasteiger partial charge in [0.2, 0.25) is 0 Å². The fourth-order valence-corrected chi connectivity index (χ4v) is 1.13. The quantitative estimate of drug-likeness (QED) is 0.744. The molecule has 0 aromatic heterocycles. The van der Waals surface area contributed by atoms with E-state index in [0.29, 0.717) is 0 Å². The van der Waals surface area contributed by atoms with Gasteiger partial charge >= 0.3 is 0 Å². The number of benzene rings is 1. The highest BCUT2D eigenvalue weighted by atomic mass is 16.3. The summed E-state index contributed by atoms with van der Waals surface area (Å²) >= 11 is 0. The monoisotopic (exact) mass is 182 g/mol. The zero-order chi connectivity index (χ0) is 12.3. The van der Waals surface area contributed by atoms with Crippen molar-refractivity contribution in [2.24, 2.45) is 0 Å². The number of aryl methyl sites for hydroxylation is 1. The molecule has 2 atom stereocenters. The average molecular weight is 182 g/mol. The summed E-state index contributed by atoms with van der Waals surface area (Å²) in [6.07, 6.45) is -0.818. The van der Waals surface area contributed by atoms with Gasteiger partial charge in [-0.15, -0.1) is 0 Å². The second-order valence-electron chi connectivity index (χ2n) is 3.29. The third kappa shape index (κ3) is 2.54. The Hall–Kier alpha value is -0.860. The lowest BCUT2D eigenvalue weighted by atomic mass is 10.0. The van der Waals surface area contributed by atoms with Crippen LogP contribution in [0.15, 0.2) is 24.3 Å². The zero-order valence-electron chi connectivity index (χ0n) is 10.9. The summed E-state index contributed by atoms with van der Waals surface area (Å²) in [5.41, 5.74) is 1.82. The minimum absolute atomic E-state index is 0.518. The predicted octanol–water partition coefficient (Wildman–Crippen LogP) is 1.64. The van der Waals surface area contributed by atoms with Gasteiger partial charge in [0.1, 0.15) is 0 Å². The van der Waals surface area contributed by atoms with Crippen LogP contribution in [0.1, 0.15) is 28.3 Å². The number of rotatable bonds is 3. The molecule has 0 radical (unpaired) electrons. The lowest BCUT2D eigenvalue weighted by molar-refractivity contribution is 0.140. The molecule has 0 amide bonds. The van der Waals surface area contributed by atoms with Crippen LogP contribution in [0.3, 0.4) is 0 Å². The maximum atomic E-state index is 9.93. The van der Waals surface area contributed by atoms with Gasteiger partial charge in [-0.3, -0.25) is 0 Å². The lowest BCUT2D eigenvalue weighted by Crippen LogP contribution is -2.28. The van der Waals surface area contributed by atoms with Crippen LogP contribution in [0.2, 0.25) is 0 Å². The number of likely N-dealkylation sites (N-methyl/N-ethyl adjacent to an activating group) is 1. The van der Waals surface area contributed by atoms with Crippen LogP contribution < -0.4 is 5.32 Å². The molecular formula is C11H17NO. The molecule has 0 spiro atoms. The van der Waals surface area contributed by atoms with Gasteiger partial charge in [0.25, 0.3) is 0 Å². The van der Waals surface area contributed by atoms with Crippen LogP contribution in [0, 0.1) is 6.92 Å². The largest absolute Gasteiger partial charge is 0.387 e. The first-order valence-electron chi connectivity index (χ1n) is 5.82. The van der Waals surface area contributed by atoms with Crippen molar-refractivity contribution in [1.29, 1.82) is 0 Å². The van der Waals surface area contributed by atoms with Gasteiger partial charge < -0.3 is 10.4 Å². The summed E-state index contributed by atoms with van der Waals surface area (Å²) in [5.74, 6) is 0. The fraction of sp³-hybridized carbons (Fsp3) is 0.455. The van der Waals surface area contributed by atoms with Crippen LogP contribution in [0.5, 0.6) is 0 Å². The van der Waals surface area contributed by atoms with E-state index in [2.05, 4.69) is 5.32 Å². The normalized spacial score (nSPS) is 19.8. The third-order valence-electron chi connectivity index (χ3n) is 2.12. The summed E-state index contributed by atoms with van der Waals surface area (Å²) in [6.45, 7) is 1.38. The molecule has 0 saturated carbocycles. The Labute approximate surface area is 83.8 Å². The smallest absolute Gasteiger partial charge is 0.0940 e. The summed E-state index contributed by atoms with van der Waals surface area (Å²) in [4.78, 5) is 0. The van der Waals surface area contributed by atoms with Crippen molar-refractivity contribution in [3.05, 3.63) is 35.4 Å². The van der Waals surface area contributed by atoms with Crippen molar-refractivity contribution in [3.63, 3.8) is 0 Å². The van der Waals surface area contributed by atoms with E-state index in [4.69, 9.17) is 4.11 Å². The van der Waals surface area contributed by atoms with Crippen LogP contribution in [-0.4, -0.2) is 18.1 Å². The molecule has 0 aliphatic rings. The average Bonchev–Trinajstić information content (AvgIpc) is 2.15. The Kier molecular flexibility index (Phi) is 2.22. The molecule has 1 aromatic rings. The lowest BCUT2D eigenvalue weighted by Gasteiger charge is -2.18. The molecule has 0 heterocycles. The molecule has 1 aromatic carbocycles. The van der Waals surface area contributed by atoms with Crippen LogP contribution >= 0.6 is 0 Å². The summed E-state index contributed by atoms with van der Waals surface area (Å²) < 4.78 is 21.2. The number of aliphatic hydroxyl groups is 1. The van der Waals surface area contributed by atoms with Gasteiger partial charge in [0.15, 0.2) is 0 Å². The van der Waals surface area contributed by atoms with E-state index >= 15 is 0 Å². The van der Waals surface area contributed by atoms with Crippen LogP contribution in [0.4, 0.5) is 0 Å². The van der Waals surface area contributed by atoms with Gasteiger partial charge in [-0.2, -0.15) is 0 Å². The Bertz CT molecular complexity index is 334. The molecule has 1 rings (SSSR count). The summed E-state index contributed by atoms with van der Waals surface area (Å²) in [6, 6.07) is 6.87. The number of hydrogen-bond donors (Lipinski definition) is 2. The van der Waals surface area contributed by atoms with Gasteiger partial charge in [0.05, 0.1) is 6.10 Å². The van der Waals surface area contributed by atoms with Gasteiger partial charge in [0, 0.05) is 10.2 Å². The van der Waals surface area contributed by atoms with E-state index in [1.165, 1.54) is 0 Å². The molecule has 0 unspecified atom stereocenters. The fourth-order valence-electron chi connectivity index (χ4n) is 1.13. The molecule has 72 valence electrons.